The highest BCUT2D eigenvalue weighted by molar-refractivity contribution is 6.07. The number of carbonyl (C=O) groups is 2. The van der Waals surface area contributed by atoms with Gasteiger partial charge in [0.05, 0.1) is 0 Å². The number of carbonyl (C=O) groups excluding carboxylic acids is 2. The molecule has 0 unspecified atom stereocenters. The van der Waals surface area contributed by atoms with Crippen molar-refractivity contribution in [3.8, 4) is 0 Å². The molecular weight excluding hydrogens is 302 g/mol. The van der Waals surface area contributed by atoms with Crippen LogP contribution < -0.4 is 5.32 Å². The lowest BCUT2D eigenvalue weighted by atomic mass is 9.64. The first-order chi connectivity index (χ1) is 11.6. The normalized spacial score (nSPS) is 26.2. The van der Waals surface area contributed by atoms with E-state index in [0.717, 1.165) is 32.2 Å². The Morgan fingerprint density at radius 1 is 0.958 bits per heavy atom. The van der Waals surface area contributed by atoms with Gasteiger partial charge < -0.3 is 10.2 Å². The van der Waals surface area contributed by atoms with Gasteiger partial charge >= 0.3 is 6.03 Å². The van der Waals surface area contributed by atoms with E-state index in [-0.39, 0.29) is 11.9 Å². The van der Waals surface area contributed by atoms with Gasteiger partial charge in [0.25, 0.3) is 5.91 Å². The van der Waals surface area contributed by atoms with Crippen LogP contribution in [0.2, 0.25) is 0 Å². The first-order valence-corrected chi connectivity index (χ1v) is 9.84. The summed E-state index contributed by atoms with van der Waals surface area (Å²) in [6, 6.07) is -0.155. The third-order valence-electron chi connectivity index (χ3n) is 6.43. The van der Waals surface area contributed by atoms with E-state index in [0.29, 0.717) is 18.4 Å². The summed E-state index contributed by atoms with van der Waals surface area (Å²) in [6.45, 7) is 1.23. The van der Waals surface area contributed by atoms with Crippen LogP contribution in [0.1, 0.15) is 64.2 Å². The number of rotatable bonds is 5. The minimum absolute atomic E-state index is 0.0770. The minimum atomic E-state index is -0.607. The molecular formula is C19H33N3O2. The second kappa shape index (κ2) is 7.42. The van der Waals surface area contributed by atoms with Crippen molar-refractivity contribution in [2.75, 3.05) is 27.2 Å². The molecule has 1 saturated heterocycles. The summed E-state index contributed by atoms with van der Waals surface area (Å²) in [6.07, 6.45) is 11.7. The van der Waals surface area contributed by atoms with E-state index < -0.39 is 5.54 Å². The second-order valence-corrected chi connectivity index (χ2v) is 8.23. The predicted octanol–water partition coefficient (Wildman–Crippen LogP) is 3.00. The zero-order valence-corrected chi connectivity index (χ0v) is 15.4. The molecule has 5 heteroatoms. The average Bonchev–Trinajstić information content (AvgIpc) is 2.86. The molecule has 3 fully saturated rings. The Hall–Kier alpha value is -1.10. The van der Waals surface area contributed by atoms with Crippen molar-refractivity contribution in [2.45, 2.75) is 69.7 Å². The molecule has 2 aliphatic carbocycles. The molecule has 0 atom stereocenters. The highest BCUT2D eigenvalue weighted by atomic mass is 16.2. The lowest BCUT2D eigenvalue weighted by molar-refractivity contribution is -0.137. The molecule has 136 valence electrons. The van der Waals surface area contributed by atoms with Gasteiger partial charge in [-0.05, 0) is 51.6 Å². The maximum absolute atomic E-state index is 13.5. The van der Waals surface area contributed by atoms with Gasteiger partial charge in [0.1, 0.15) is 5.54 Å². The van der Waals surface area contributed by atoms with E-state index in [4.69, 9.17) is 0 Å². The summed E-state index contributed by atoms with van der Waals surface area (Å²) < 4.78 is 0. The Labute approximate surface area is 146 Å². The predicted molar refractivity (Wildman–Crippen MR) is 94.7 cm³/mol. The number of likely N-dealkylation sites (N-methyl/N-ethyl adjacent to an activating group) is 1. The van der Waals surface area contributed by atoms with Crippen LogP contribution in [-0.4, -0.2) is 54.5 Å². The van der Waals surface area contributed by atoms with Crippen molar-refractivity contribution in [2.24, 2.45) is 11.8 Å². The minimum Gasteiger partial charge on any atom is -0.323 e. The molecule has 0 aromatic rings. The number of hydrogen-bond acceptors (Lipinski definition) is 3. The maximum atomic E-state index is 13.5. The molecule has 5 nitrogen and oxygen atoms in total. The first-order valence-electron chi connectivity index (χ1n) is 9.84. The lowest BCUT2D eigenvalue weighted by Crippen LogP contribution is -2.59. The van der Waals surface area contributed by atoms with Gasteiger partial charge in [-0.25, -0.2) is 4.79 Å². The highest BCUT2D eigenvalue weighted by Crippen LogP contribution is 2.45. The second-order valence-electron chi connectivity index (χ2n) is 8.23. The van der Waals surface area contributed by atoms with Gasteiger partial charge in [-0.2, -0.15) is 0 Å². The van der Waals surface area contributed by atoms with E-state index in [2.05, 4.69) is 5.32 Å². The summed E-state index contributed by atoms with van der Waals surface area (Å²) >= 11 is 0. The van der Waals surface area contributed by atoms with Crippen molar-refractivity contribution in [1.29, 1.82) is 0 Å². The van der Waals surface area contributed by atoms with E-state index in [1.54, 1.807) is 0 Å². The van der Waals surface area contributed by atoms with Gasteiger partial charge in [-0.15, -0.1) is 0 Å². The van der Waals surface area contributed by atoms with Crippen LogP contribution in [-0.2, 0) is 4.79 Å². The van der Waals surface area contributed by atoms with Crippen molar-refractivity contribution in [1.82, 2.24) is 15.1 Å². The van der Waals surface area contributed by atoms with Crippen molar-refractivity contribution < 1.29 is 9.59 Å². The molecule has 3 aliphatic rings. The Balaban J connectivity index is 1.86. The lowest BCUT2D eigenvalue weighted by Gasteiger charge is -2.44. The molecule has 1 N–H and O–H groups in total. The third-order valence-corrected chi connectivity index (χ3v) is 6.43. The molecule has 0 radical (unpaired) electrons. The van der Waals surface area contributed by atoms with Crippen LogP contribution in [0.4, 0.5) is 4.79 Å². The summed E-state index contributed by atoms with van der Waals surface area (Å²) in [5.41, 5.74) is -0.607. The van der Waals surface area contributed by atoms with Gasteiger partial charge in [0, 0.05) is 13.1 Å². The fourth-order valence-corrected chi connectivity index (χ4v) is 5.12. The molecule has 0 spiro atoms. The molecule has 1 heterocycles. The zero-order chi connectivity index (χ0) is 17.2. The Kier molecular flexibility index (Phi) is 5.48. The summed E-state index contributed by atoms with van der Waals surface area (Å²) in [7, 11) is 3.96. The molecule has 0 bridgehead atoms. The Morgan fingerprint density at radius 2 is 1.46 bits per heavy atom. The fraction of sp³-hybridized carbons (Fsp3) is 0.895. The number of nitrogens with zero attached hydrogens (tertiary/aromatic N) is 2. The first kappa shape index (κ1) is 17.7. The average molecular weight is 335 g/mol. The third kappa shape index (κ3) is 3.19. The monoisotopic (exact) mass is 335 g/mol. The standard InChI is InChI=1S/C19H33N3O2/c1-21(2)13-14-22-17(23)19(20-18(22)24,15-9-5-3-6-10-15)16-11-7-4-8-12-16/h15-16H,3-14H2,1-2H3,(H,20,24). The smallest absolute Gasteiger partial charge is 0.323 e. The molecule has 3 amide bonds. The SMILES string of the molecule is CN(C)CCN1C(=O)NC(C2CCCCC2)(C2CCCCC2)C1=O. The zero-order valence-electron chi connectivity index (χ0n) is 15.4. The van der Waals surface area contributed by atoms with Gasteiger partial charge in [-0.3, -0.25) is 9.69 Å². The summed E-state index contributed by atoms with van der Waals surface area (Å²) in [5, 5.41) is 3.25. The van der Waals surface area contributed by atoms with Crippen LogP contribution in [0.25, 0.3) is 0 Å². The van der Waals surface area contributed by atoms with Crippen LogP contribution in [0.3, 0.4) is 0 Å². The van der Waals surface area contributed by atoms with Crippen LogP contribution in [0.5, 0.6) is 0 Å². The van der Waals surface area contributed by atoms with E-state index in [9.17, 15) is 9.59 Å². The quantitative estimate of drug-likeness (QED) is 0.786. The Bertz CT molecular complexity index is 447. The molecule has 0 aromatic heterocycles. The van der Waals surface area contributed by atoms with E-state index >= 15 is 0 Å². The number of amides is 3. The van der Waals surface area contributed by atoms with Crippen LogP contribution in [0, 0.1) is 11.8 Å². The van der Waals surface area contributed by atoms with Gasteiger partial charge in [0.2, 0.25) is 0 Å². The van der Waals surface area contributed by atoms with E-state index in [1.807, 2.05) is 19.0 Å². The molecule has 24 heavy (non-hydrogen) atoms. The fourth-order valence-electron chi connectivity index (χ4n) is 5.12. The molecule has 1 aliphatic heterocycles. The highest BCUT2D eigenvalue weighted by Gasteiger charge is 2.59. The van der Waals surface area contributed by atoms with Gasteiger partial charge in [0.15, 0.2) is 0 Å². The molecule has 0 aromatic carbocycles. The van der Waals surface area contributed by atoms with E-state index in [1.165, 1.54) is 43.4 Å². The number of imide groups is 1. The van der Waals surface area contributed by atoms with Crippen molar-refractivity contribution >= 4 is 11.9 Å². The Morgan fingerprint density at radius 3 is 1.92 bits per heavy atom. The van der Waals surface area contributed by atoms with Crippen LogP contribution in [0.15, 0.2) is 0 Å². The number of hydrogen-bond donors (Lipinski definition) is 1. The molecule has 2 saturated carbocycles. The van der Waals surface area contributed by atoms with Crippen LogP contribution >= 0.6 is 0 Å². The largest absolute Gasteiger partial charge is 0.325 e. The van der Waals surface area contributed by atoms with Gasteiger partial charge in [-0.1, -0.05) is 38.5 Å². The maximum Gasteiger partial charge on any atom is 0.325 e. The summed E-state index contributed by atoms with van der Waals surface area (Å²) in [4.78, 5) is 29.7. The number of nitrogens with one attached hydrogen (secondary N) is 1. The van der Waals surface area contributed by atoms with Crippen molar-refractivity contribution in [3.63, 3.8) is 0 Å². The number of urea groups is 1. The molecule has 3 rings (SSSR count). The topological polar surface area (TPSA) is 52.6 Å². The summed E-state index contributed by atoms with van der Waals surface area (Å²) in [5.74, 6) is 0.735. The van der Waals surface area contributed by atoms with Crippen molar-refractivity contribution in [3.05, 3.63) is 0 Å².